The van der Waals surface area contributed by atoms with Gasteiger partial charge in [-0.05, 0) is 45.5 Å². The van der Waals surface area contributed by atoms with Gasteiger partial charge in [0.15, 0.2) is 7.14 Å². The number of para-hydroxylation sites is 2. The van der Waals surface area contributed by atoms with Crippen molar-refractivity contribution in [2.45, 2.75) is 5.41 Å². The fraction of sp³-hybridized carbons (Fsp3) is 0.0233. The van der Waals surface area contributed by atoms with Gasteiger partial charge in [0.25, 0.3) is 0 Å². The number of hydrogen-bond acceptors (Lipinski definition) is 2. The van der Waals surface area contributed by atoms with Crippen molar-refractivity contribution in [3.05, 3.63) is 198 Å². The Labute approximate surface area is 269 Å². The minimum Gasteiger partial charge on any atom is -0.457 e. The van der Waals surface area contributed by atoms with E-state index in [1.54, 1.807) is 0 Å². The van der Waals surface area contributed by atoms with E-state index >= 15 is 4.57 Å². The minimum atomic E-state index is -3.07. The van der Waals surface area contributed by atoms with E-state index in [9.17, 15) is 0 Å². The van der Waals surface area contributed by atoms with Gasteiger partial charge in [0.1, 0.15) is 11.5 Å². The van der Waals surface area contributed by atoms with Crippen LogP contribution in [0.25, 0.3) is 22.3 Å². The van der Waals surface area contributed by atoms with Crippen molar-refractivity contribution in [2.24, 2.45) is 0 Å². The van der Waals surface area contributed by atoms with Gasteiger partial charge in [0.2, 0.25) is 0 Å². The second-order valence-electron chi connectivity index (χ2n) is 11.9. The number of hydrogen-bond donors (Lipinski definition) is 0. The van der Waals surface area contributed by atoms with Gasteiger partial charge >= 0.3 is 0 Å². The summed E-state index contributed by atoms with van der Waals surface area (Å²) < 4.78 is 21.5. The third-order valence-electron chi connectivity index (χ3n) is 9.65. The Kier molecular flexibility index (Phi) is 6.03. The summed E-state index contributed by atoms with van der Waals surface area (Å²) in [5.41, 5.74) is 9.00. The predicted molar refractivity (Wildman–Crippen MR) is 189 cm³/mol. The zero-order valence-corrected chi connectivity index (χ0v) is 25.9. The third kappa shape index (κ3) is 3.68. The zero-order valence-electron chi connectivity index (χ0n) is 25.0. The number of benzene rings is 7. The predicted octanol–water partition coefficient (Wildman–Crippen LogP) is 9.46. The molecule has 0 saturated carbocycles. The minimum absolute atomic E-state index is 0.510. The molecule has 2 aliphatic rings. The highest BCUT2D eigenvalue weighted by Crippen LogP contribution is 2.63. The average Bonchev–Trinajstić information content (AvgIpc) is 3.43. The molecule has 1 spiro atoms. The van der Waals surface area contributed by atoms with E-state index in [-0.39, 0.29) is 0 Å². The van der Waals surface area contributed by atoms with Crippen LogP contribution in [-0.4, -0.2) is 0 Å². The van der Waals surface area contributed by atoms with Crippen molar-refractivity contribution in [1.82, 2.24) is 0 Å². The summed E-state index contributed by atoms with van der Waals surface area (Å²) in [6.45, 7) is 0. The molecular formula is C43H29O2P. The highest BCUT2D eigenvalue weighted by Gasteiger charge is 2.51. The highest BCUT2D eigenvalue weighted by molar-refractivity contribution is 7.85. The van der Waals surface area contributed by atoms with Crippen LogP contribution in [0.2, 0.25) is 0 Å². The van der Waals surface area contributed by atoms with Crippen molar-refractivity contribution in [3.8, 4) is 33.8 Å². The molecule has 7 aromatic carbocycles. The van der Waals surface area contributed by atoms with Crippen LogP contribution in [0, 0.1) is 0 Å². The Morgan fingerprint density at radius 3 is 1.46 bits per heavy atom. The standard InChI is InChI=1S/C43H29O2P/c44-46(31-14-3-1-4-15-31,32-16-5-2-6-17-32)33-28-26-30(27-29-33)34-19-13-23-39-42(34)35-18-7-8-20-36(35)43(39)37-21-9-11-24-40(37)45-41-25-12-10-22-38(41)43/h1-29H. The van der Waals surface area contributed by atoms with Gasteiger partial charge in [-0.25, -0.2) is 0 Å². The van der Waals surface area contributed by atoms with E-state index in [1.807, 2.05) is 72.8 Å². The summed E-state index contributed by atoms with van der Waals surface area (Å²) in [6, 6.07) is 60.5. The first-order valence-corrected chi connectivity index (χ1v) is 17.3. The lowest BCUT2D eigenvalue weighted by Gasteiger charge is -2.39. The molecule has 9 rings (SSSR count). The molecule has 2 nitrogen and oxygen atoms in total. The van der Waals surface area contributed by atoms with Crippen LogP contribution < -0.4 is 20.7 Å². The molecule has 3 heteroatoms. The number of ether oxygens (including phenoxy) is 1. The van der Waals surface area contributed by atoms with Gasteiger partial charge in [-0.15, -0.1) is 0 Å². The highest BCUT2D eigenvalue weighted by atomic mass is 31.2. The molecule has 46 heavy (non-hydrogen) atoms. The fourth-order valence-corrected chi connectivity index (χ4v) is 10.4. The molecule has 0 atom stereocenters. The second kappa shape index (κ2) is 10.3. The molecule has 1 aliphatic heterocycles. The van der Waals surface area contributed by atoms with E-state index in [0.717, 1.165) is 49.7 Å². The van der Waals surface area contributed by atoms with Crippen molar-refractivity contribution in [1.29, 1.82) is 0 Å². The lowest BCUT2D eigenvalue weighted by Crippen LogP contribution is -2.32. The molecule has 0 amide bonds. The largest absolute Gasteiger partial charge is 0.457 e. The molecule has 218 valence electrons. The first-order valence-electron chi connectivity index (χ1n) is 15.6. The normalized spacial score (nSPS) is 13.7. The Morgan fingerprint density at radius 2 is 0.848 bits per heavy atom. The summed E-state index contributed by atoms with van der Waals surface area (Å²) in [5.74, 6) is 1.77. The van der Waals surface area contributed by atoms with Crippen LogP contribution in [0.4, 0.5) is 0 Å². The second-order valence-corrected chi connectivity index (χ2v) is 14.7. The van der Waals surface area contributed by atoms with E-state index in [1.165, 1.54) is 22.3 Å². The first kappa shape index (κ1) is 26.9. The Hall–Kier alpha value is -5.43. The molecule has 7 aromatic rings. The van der Waals surface area contributed by atoms with Crippen LogP contribution in [0.1, 0.15) is 22.3 Å². The lowest BCUT2D eigenvalue weighted by molar-refractivity contribution is 0.436. The molecule has 1 aliphatic carbocycles. The van der Waals surface area contributed by atoms with Gasteiger partial charge in [-0.2, -0.15) is 0 Å². The van der Waals surface area contributed by atoms with Crippen molar-refractivity contribution < 1.29 is 9.30 Å². The molecule has 0 radical (unpaired) electrons. The maximum Gasteiger partial charge on any atom is 0.171 e. The monoisotopic (exact) mass is 608 g/mol. The zero-order chi connectivity index (χ0) is 30.7. The first-order chi connectivity index (χ1) is 22.7. The van der Waals surface area contributed by atoms with Crippen molar-refractivity contribution in [3.63, 3.8) is 0 Å². The average molecular weight is 609 g/mol. The Balaban J connectivity index is 1.26. The quantitative estimate of drug-likeness (QED) is 0.186. The van der Waals surface area contributed by atoms with Crippen LogP contribution in [0.3, 0.4) is 0 Å². The molecule has 0 saturated heterocycles. The molecule has 0 N–H and O–H groups in total. The number of rotatable bonds is 4. The molecule has 0 fully saturated rings. The Bertz CT molecular complexity index is 2220. The van der Waals surface area contributed by atoms with E-state index in [4.69, 9.17) is 4.74 Å². The SMILES string of the molecule is O=P(c1ccccc1)(c1ccccc1)c1ccc(-c2cccc3c2-c2ccccc2C32c3ccccc3Oc3ccccc32)cc1. The van der Waals surface area contributed by atoms with Gasteiger partial charge in [0, 0.05) is 27.0 Å². The van der Waals surface area contributed by atoms with E-state index in [0.29, 0.717) is 0 Å². The molecule has 0 aromatic heterocycles. The third-order valence-corrected chi connectivity index (χ3v) is 12.7. The summed E-state index contributed by atoms with van der Waals surface area (Å²) in [4.78, 5) is 0. The molecular weight excluding hydrogens is 579 g/mol. The van der Waals surface area contributed by atoms with Gasteiger partial charge < -0.3 is 9.30 Å². The maximum atomic E-state index is 15.0. The van der Waals surface area contributed by atoms with Crippen molar-refractivity contribution >= 4 is 23.1 Å². The van der Waals surface area contributed by atoms with E-state index in [2.05, 4.69) is 103 Å². The Morgan fingerprint density at radius 1 is 0.391 bits per heavy atom. The van der Waals surface area contributed by atoms with Gasteiger partial charge in [0.05, 0.1) is 5.41 Å². The van der Waals surface area contributed by atoms with Crippen molar-refractivity contribution in [2.75, 3.05) is 0 Å². The molecule has 0 unspecified atom stereocenters. The number of fused-ring (bicyclic) bond motifs is 9. The lowest BCUT2D eigenvalue weighted by atomic mass is 9.66. The van der Waals surface area contributed by atoms with Crippen LogP contribution in [0.5, 0.6) is 11.5 Å². The maximum absolute atomic E-state index is 15.0. The van der Waals surface area contributed by atoms with Gasteiger partial charge in [-0.1, -0.05) is 164 Å². The van der Waals surface area contributed by atoms with Crippen LogP contribution >= 0.6 is 7.14 Å². The molecule has 1 heterocycles. The smallest absolute Gasteiger partial charge is 0.171 e. The van der Waals surface area contributed by atoms with Crippen LogP contribution in [0.15, 0.2) is 176 Å². The summed E-state index contributed by atoms with van der Waals surface area (Å²) in [5, 5.41) is 2.50. The summed E-state index contributed by atoms with van der Waals surface area (Å²) in [6.07, 6.45) is 0. The topological polar surface area (TPSA) is 26.3 Å². The fourth-order valence-electron chi connectivity index (χ4n) is 7.72. The van der Waals surface area contributed by atoms with Gasteiger partial charge in [-0.3, -0.25) is 0 Å². The summed E-state index contributed by atoms with van der Waals surface area (Å²) in [7, 11) is -3.07. The summed E-state index contributed by atoms with van der Waals surface area (Å²) >= 11 is 0. The van der Waals surface area contributed by atoms with Crippen LogP contribution in [-0.2, 0) is 9.98 Å². The van der Waals surface area contributed by atoms with E-state index < -0.39 is 12.6 Å². The molecule has 0 bridgehead atoms.